The Bertz CT molecular complexity index is 1520. The van der Waals surface area contributed by atoms with Crippen molar-refractivity contribution in [1.82, 2.24) is 4.90 Å². The molecule has 1 heterocycles. The first-order valence-corrected chi connectivity index (χ1v) is 14.5. The van der Waals surface area contributed by atoms with Crippen LogP contribution in [0.1, 0.15) is 10.4 Å². The van der Waals surface area contributed by atoms with Gasteiger partial charge in [0.15, 0.2) is 5.76 Å². The maximum Gasteiger partial charge on any atom is 1.00 e. The predicted molar refractivity (Wildman–Crippen MR) is 157 cm³/mol. The molecular formula is C26H21Br4NNa2O8. The topological polar surface area (TPSA) is 157 Å². The Morgan fingerprint density at radius 1 is 0.854 bits per heavy atom. The minimum atomic E-state index is -1.35. The van der Waals surface area contributed by atoms with Crippen molar-refractivity contribution in [2.24, 2.45) is 0 Å². The van der Waals surface area contributed by atoms with Crippen molar-refractivity contribution in [3.05, 3.63) is 70.1 Å². The van der Waals surface area contributed by atoms with E-state index in [1.54, 1.807) is 35.2 Å². The molecule has 0 bridgehead atoms. The fourth-order valence-electron chi connectivity index (χ4n) is 3.92. The molecule has 0 atom stereocenters. The molecular weight excluding hydrogens is 820 g/mol. The molecule has 0 fully saturated rings. The van der Waals surface area contributed by atoms with E-state index in [1.807, 2.05) is 0 Å². The average molecular weight is 841 g/mol. The Morgan fingerprint density at radius 3 is 1.95 bits per heavy atom. The van der Waals surface area contributed by atoms with Crippen LogP contribution in [0, 0.1) is 0 Å². The van der Waals surface area contributed by atoms with Crippen molar-refractivity contribution in [3.8, 4) is 28.2 Å². The van der Waals surface area contributed by atoms with E-state index in [9.17, 15) is 19.8 Å². The molecule has 2 aromatic carbocycles. The fourth-order valence-corrected chi connectivity index (χ4v) is 6.32. The van der Waals surface area contributed by atoms with Gasteiger partial charge in [-0.05, 0) is 65.5 Å². The zero-order chi connectivity index (χ0) is 28.9. The number of halogens is 4. The molecule has 4 rings (SSSR count). The molecule has 1 aliphatic carbocycles. The number of aromatic carboxylic acids is 1. The second-order valence-corrected chi connectivity index (χ2v) is 11.4. The molecule has 0 saturated carbocycles. The Balaban J connectivity index is 0.000000606. The zero-order valence-electron chi connectivity index (χ0n) is 22.0. The predicted octanol–water partition coefficient (Wildman–Crippen LogP) is -2.67. The Kier molecular flexibility index (Phi) is 17.4. The van der Waals surface area contributed by atoms with Crippen molar-refractivity contribution in [2.75, 3.05) is 39.5 Å². The molecule has 1 aliphatic heterocycles. The quantitative estimate of drug-likeness (QED) is 0.127. The normalized spacial score (nSPS) is 10.6. The number of carboxylic acids is 1. The number of aliphatic hydroxyl groups excluding tert-OH is 3. The van der Waals surface area contributed by atoms with Gasteiger partial charge in [0, 0.05) is 46.2 Å². The van der Waals surface area contributed by atoms with Gasteiger partial charge >= 0.3 is 59.1 Å². The van der Waals surface area contributed by atoms with E-state index in [2.05, 4.69) is 63.7 Å². The van der Waals surface area contributed by atoms with E-state index in [-0.39, 0.29) is 125 Å². The minimum Gasteiger partial charge on any atom is -0.871 e. The van der Waals surface area contributed by atoms with Crippen LogP contribution >= 0.6 is 63.7 Å². The first-order valence-electron chi connectivity index (χ1n) is 11.4. The first-order chi connectivity index (χ1) is 18.6. The van der Waals surface area contributed by atoms with Gasteiger partial charge in [-0.25, -0.2) is 0 Å². The number of fused-ring (bicyclic) bond motifs is 2. The van der Waals surface area contributed by atoms with Crippen LogP contribution in [0.25, 0.3) is 33.4 Å². The number of aliphatic hydroxyl groups is 3. The average Bonchev–Trinajstić information content (AvgIpc) is 2.91. The number of carbonyl (C=O) groups is 1. The van der Waals surface area contributed by atoms with Gasteiger partial charge in [-0.1, -0.05) is 45.9 Å². The fraction of sp³-hybridized carbons (Fsp3) is 0.231. The van der Waals surface area contributed by atoms with Crippen LogP contribution in [-0.2, 0) is 0 Å². The zero-order valence-corrected chi connectivity index (χ0v) is 32.4. The summed E-state index contributed by atoms with van der Waals surface area (Å²) in [5.41, 5.74) is 1.17. The molecule has 208 valence electrons. The SMILES string of the molecule is O=C([O-])c1ccccc1-c1c2cc(Br)c(=O)c(Br)c-2oc2c(Br)c([O-])c(Br)cc12.OCCN(CCO)CCO.[Na+].[Na+]. The van der Waals surface area contributed by atoms with Gasteiger partial charge in [0.25, 0.3) is 0 Å². The van der Waals surface area contributed by atoms with Crippen LogP contribution in [0.3, 0.4) is 0 Å². The van der Waals surface area contributed by atoms with Gasteiger partial charge < -0.3 is 34.7 Å². The number of carboxylic acid groups (broad SMARTS) is 1. The third-order valence-corrected chi connectivity index (χ3v) is 8.29. The number of hydrogen-bond donors (Lipinski definition) is 3. The molecule has 0 spiro atoms. The third kappa shape index (κ3) is 9.10. The van der Waals surface area contributed by atoms with Crippen LogP contribution in [0.5, 0.6) is 5.75 Å². The molecule has 2 aliphatic rings. The summed E-state index contributed by atoms with van der Waals surface area (Å²) in [6, 6.07) is 9.50. The summed E-state index contributed by atoms with van der Waals surface area (Å²) in [6.45, 7) is 1.75. The maximum atomic E-state index is 12.4. The van der Waals surface area contributed by atoms with Crippen molar-refractivity contribution >= 4 is 80.7 Å². The van der Waals surface area contributed by atoms with Gasteiger partial charge in [0.1, 0.15) is 10.1 Å². The van der Waals surface area contributed by atoms with Crippen molar-refractivity contribution < 1.29 is 93.9 Å². The van der Waals surface area contributed by atoms with Gasteiger partial charge in [0.2, 0.25) is 5.43 Å². The van der Waals surface area contributed by atoms with E-state index in [0.717, 1.165) is 0 Å². The standard InChI is InChI=1S/C20H8Br4O5.C6H15NO3.2Na/c21-11-5-9-13(7-3-1-2-4-8(7)20(27)28)10-6-12(22)17(26)15(24)19(10)29-18(9)14(23)16(11)25;8-4-1-7(2-5-9)3-6-10;;/h1-6,25H,(H,27,28);8-10H,1-6H2;;/q;;2*+1/p-2. The summed E-state index contributed by atoms with van der Waals surface area (Å²) in [4.78, 5) is 26.0. The van der Waals surface area contributed by atoms with Crippen LogP contribution in [0.4, 0.5) is 0 Å². The van der Waals surface area contributed by atoms with Gasteiger partial charge in [-0.15, -0.1) is 0 Å². The number of hydrogen-bond acceptors (Lipinski definition) is 9. The molecule has 2 aromatic rings. The number of benzene rings is 3. The van der Waals surface area contributed by atoms with Crippen LogP contribution < -0.4 is 74.8 Å². The van der Waals surface area contributed by atoms with Gasteiger partial charge in [0.05, 0.1) is 34.7 Å². The molecule has 41 heavy (non-hydrogen) atoms. The summed E-state index contributed by atoms with van der Waals surface area (Å²) < 4.78 is 6.80. The largest absolute Gasteiger partial charge is 1.00 e. The second kappa shape index (κ2) is 18.2. The Labute approximate surface area is 313 Å². The Morgan fingerprint density at radius 2 is 1.41 bits per heavy atom. The number of nitrogens with zero attached hydrogens (tertiary/aromatic N) is 1. The molecule has 0 unspecified atom stereocenters. The molecule has 0 amide bonds. The van der Waals surface area contributed by atoms with E-state index in [0.29, 0.717) is 41.7 Å². The van der Waals surface area contributed by atoms with Gasteiger partial charge in [-0.2, -0.15) is 0 Å². The smallest absolute Gasteiger partial charge is 0.871 e. The van der Waals surface area contributed by atoms with E-state index in [4.69, 9.17) is 19.7 Å². The summed E-state index contributed by atoms with van der Waals surface area (Å²) in [6.07, 6.45) is 0. The summed E-state index contributed by atoms with van der Waals surface area (Å²) in [5.74, 6) is -1.49. The Hall–Kier alpha value is 0.160. The van der Waals surface area contributed by atoms with Gasteiger partial charge in [-0.3, -0.25) is 9.69 Å². The van der Waals surface area contributed by atoms with Crippen molar-refractivity contribution in [1.29, 1.82) is 0 Å². The van der Waals surface area contributed by atoms with Crippen LogP contribution in [0.15, 0.2) is 63.5 Å². The molecule has 3 N–H and O–H groups in total. The van der Waals surface area contributed by atoms with E-state index < -0.39 is 5.97 Å². The van der Waals surface area contributed by atoms with Crippen molar-refractivity contribution in [2.45, 2.75) is 0 Å². The molecule has 0 saturated heterocycles. The van der Waals surface area contributed by atoms with Crippen molar-refractivity contribution in [3.63, 3.8) is 0 Å². The minimum absolute atomic E-state index is 0. The first kappa shape index (κ1) is 39.2. The molecule has 15 heteroatoms. The van der Waals surface area contributed by atoms with E-state index >= 15 is 0 Å². The van der Waals surface area contributed by atoms with E-state index in [1.165, 1.54) is 6.07 Å². The third-order valence-electron chi connectivity index (χ3n) is 5.67. The second-order valence-electron chi connectivity index (χ2n) is 8.08. The number of carbonyl (C=O) groups excluding carboxylic acids is 1. The maximum absolute atomic E-state index is 12.4. The molecule has 0 aromatic heterocycles. The molecule has 9 nitrogen and oxygen atoms in total. The summed E-state index contributed by atoms with van der Waals surface area (Å²) >= 11 is 13.0. The van der Waals surface area contributed by atoms with Crippen LogP contribution in [0.2, 0.25) is 0 Å². The van der Waals surface area contributed by atoms with Crippen LogP contribution in [-0.4, -0.2) is 65.6 Å². The monoisotopic (exact) mass is 837 g/mol. The number of rotatable bonds is 8. The summed E-state index contributed by atoms with van der Waals surface area (Å²) in [5, 5.41) is 50.1. The molecule has 0 radical (unpaired) electrons. The summed E-state index contributed by atoms with van der Waals surface area (Å²) in [7, 11) is 0.